The van der Waals surface area contributed by atoms with E-state index in [1.165, 1.54) is 12.1 Å². The van der Waals surface area contributed by atoms with Crippen LogP contribution in [0.25, 0.3) is 11.1 Å². The zero-order valence-electron chi connectivity index (χ0n) is 17.3. The second-order valence-electron chi connectivity index (χ2n) is 7.11. The molecule has 0 aliphatic heterocycles. The molecule has 0 unspecified atom stereocenters. The van der Waals surface area contributed by atoms with Crippen molar-refractivity contribution in [3.63, 3.8) is 0 Å². The number of hydrogen-bond donors (Lipinski definition) is 1. The van der Waals surface area contributed by atoms with Crippen molar-refractivity contribution in [3.8, 4) is 28.7 Å². The van der Waals surface area contributed by atoms with Gasteiger partial charge in [0.1, 0.15) is 12.4 Å². The van der Waals surface area contributed by atoms with E-state index in [0.717, 1.165) is 0 Å². The second kappa shape index (κ2) is 10.1. The largest absolute Gasteiger partial charge is 0.489 e. The molecule has 3 aromatic carbocycles. The molecule has 3 aromatic rings. The lowest BCUT2D eigenvalue weighted by Crippen LogP contribution is -2.13. The van der Waals surface area contributed by atoms with Crippen molar-refractivity contribution in [2.75, 3.05) is 0 Å². The Kier molecular flexibility index (Phi) is 7.21. The first-order valence-electron chi connectivity index (χ1n) is 9.91. The fraction of sp³-hybridized carbons (Fsp3) is 0.192. The SMILES string of the molecule is CC#C[C@@H](CC(=O)O)c1ccc(OCc2cccc(-c3ccccc3)c2C(F)(F)F)cc1. The normalized spacial score (nSPS) is 11.9. The highest BCUT2D eigenvalue weighted by molar-refractivity contribution is 5.70. The van der Waals surface area contributed by atoms with Gasteiger partial charge in [0.25, 0.3) is 0 Å². The number of alkyl halides is 3. The smallest absolute Gasteiger partial charge is 0.417 e. The summed E-state index contributed by atoms with van der Waals surface area (Å²) in [5.74, 6) is 4.53. The van der Waals surface area contributed by atoms with Crippen LogP contribution in [0.4, 0.5) is 13.2 Å². The summed E-state index contributed by atoms with van der Waals surface area (Å²) >= 11 is 0. The number of carbonyl (C=O) groups is 1. The average molecular weight is 438 g/mol. The Morgan fingerprint density at radius 1 is 1.00 bits per heavy atom. The van der Waals surface area contributed by atoms with Crippen molar-refractivity contribution >= 4 is 5.97 Å². The molecule has 0 fully saturated rings. The monoisotopic (exact) mass is 438 g/mol. The molecule has 0 aliphatic carbocycles. The number of benzene rings is 3. The van der Waals surface area contributed by atoms with Gasteiger partial charge in [-0.1, -0.05) is 66.6 Å². The van der Waals surface area contributed by atoms with Gasteiger partial charge >= 0.3 is 12.1 Å². The molecule has 6 heteroatoms. The highest BCUT2D eigenvalue weighted by Gasteiger charge is 2.36. The summed E-state index contributed by atoms with van der Waals surface area (Å²) in [5, 5.41) is 9.05. The first-order valence-corrected chi connectivity index (χ1v) is 9.91. The van der Waals surface area contributed by atoms with Crippen LogP contribution in [0, 0.1) is 11.8 Å². The van der Waals surface area contributed by atoms with Crippen LogP contribution in [0.2, 0.25) is 0 Å². The van der Waals surface area contributed by atoms with E-state index >= 15 is 0 Å². The van der Waals surface area contributed by atoms with Gasteiger partial charge in [-0.15, -0.1) is 5.92 Å². The van der Waals surface area contributed by atoms with Crippen LogP contribution in [0.5, 0.6) is 5.75 Å². The van der Waals surface area contributed by atoms with Crippen molar-refractivity contribution in [3.05, 3.63) is 89.5 Å². The summed E-state index contributed by atoms with van der Waals surface area (Å²) in [7, 11) is 0. The molecule has 3 nitrogen and oxygen atoms in total. The summed E-state index contributed by atoms with van der Waals surface area (Å²) in [4.78, 5) is 11.0. The maximum Gasteiger partial charge on any atom is 0.417 e. The minimum absolute atomic E-state index is 0.0310. The zero-order chi connectivity index (χ0) is 23.1. The Hall–Kier alpha value is -3.72. The Morgan fingerprint density at radius 2 is 1.69 bits per heavy atom. The van der Waals surface area contributed by atoms with Crippen LogP contribution in [0.15, 0.2) is 72.8 Å². The highest BCUT2D eigenvalue weighted by Crippen LogP contribution is 2.39. The van der Waals surface area contributed by atoms with Crippen molar-refractivity contribution in [2.45, 2.75) is 32.0 Å². The molecule has 0 aromatic heterocycles. The number of ether oxygens (including phenoxy) is 1. The lowest BCUT2D eigenvalue weighted by atomic mass is 9.95. The lowest BCUT2D eigenvalue weighted by Gasteiger charge is -2.18. The van der Waals surface area contributed by atoms with Gasteiger partial charge in [-0.25, -0.2) is 0 Å². The van der Waals surface area contributed by atoms with Gasteiger partial charge in [-0.3, -0.25) is 4.79 Å². The van der Waals surface area contributed by atoms with E-state index in [4.69, 9.17) is 9.84 Å². The molecule has 0 aliphatic rings. The van der Waals surface area contributed by atoms with Crippen LogP contribution < -0.4 is 4.74 Å². The molecule has 3 rings (SSSR count). The van der Waals surface area contributed by atoms with Crippen LogP contribution in [0.3, 0.4) is 0 Å². The van der Waals surface area contributed by atoms with E-state index in [1.54, 1.807) is 67.6 Å². The van der Waals surface area contributed by atoms with E-state index in [-0.39, 0.29) is 24.2 Å². The quantitative estimate of drug-likeness (QED) is 0.427. The van der Waals surface area contributed by atoms with Crippen LogP contribution in [-0.2, 0) is 17.6 Å². The molecule has 0 heterocycles. The zero-order valence-corrected chi connectivity index (χ0v) is 17.3. The number of rotatable bonds is 7. The van der Waals surface area contributed by atoms with Crippen molar-refractivity contribution in [2.24, 2.45) is 0 Å². The Labute approximate surface area is 184 Å². The third-order valence-corrected chi connectivity index (χ3v) is 4.89. The summed E-state index contributed by atoms with van der Waals surface area (Å²) in [6.45, 7) is 1.37. The van der Waals surface area contributed by atoms with Gasteiger partial charge < -0.3 is 9.84 Å². The first kappa shape index (κ1) is 23.0. The van der Waals surface area contributed by atoms with Crippen molar-refractivity contribution in [1.82, 2.24) is 0 Å². The number of hydrogen-bond acceptors (Lipinski definition) is 2. The van der Waals surface area contributed by atoms with Crippen LogP contribution >= 0.6 is 0 Å². The molecule has 0 saturated carbocycles. The van der Waals surface area contributed by atoms with Crippen molar-refractivity contribution < 1.29 is 27.8 Å². The molecule has 0 radical (unpaired) electrons. The number of carboxylic acids is 1. The van der Waals surface area contributed by atoms with E-state index in [0.29, 0.717) is 16.9 Å². The minimum Gasteiger partial charge on any atom is -0.489 e. The van der Waals surface area contributed by atoms with E-state index in [9.17, 15) is 18.0 Å². The predicted octanol–water partition coefficient (Wildman–Crippen LogP) is 6.53. The van der Waals surface area contributed by atoms with Gasteiger partial charge in [0.15, 0.2) is 0 Å². The molecule has 0 saturated heterocycles. The average Bonchev–Trinajstić information content (AvgIpc) is 2.77. The third kappa shape index (κ3) is 5.70. The molecule has 0 amide bonds. The molecule has 1 atom stereocenters. The summed E-state index contributed by atoms with van der Waals surface area (Å²) in [6, 6.07) is 19.4. The second-order valence-corrected chi connectivity index (χ2v) is 7.11. The van der Waals surface area contributed by atoms with Gasteiger partial charge in [-0.05, 0) is 35.7 Å². The Balaban J connectivity index is 1.84. The molecular weight excluding hydrogens is 417 g/mol. The molecule has 0 bridgehead atoms. The first-order chi connectivity index (χ1) is 15.3. The molecule has 0 spiro atoms. The Bertz CT molecular complexity index is 1120. The lowest BCUT2D eigenvalue weighted by molar-refractivity contribution is -0.138. The Morgan fingerprint density at radius 3 is 2.28 bits per heavy atom. The van der Waals surface area contributed by atoms with E-state index in [1.807, 2.05) is 0 Å². The van der Waals surface area contributed by atoms with Crippen LogP contribution in [-0.4, -0.2) is 11.1 Å². The third-order valence-electron chi connectivity index (χ3n) is 4.89. The fourth-order valence-corrected chi connectivity index (χ4v) is 3.47. The van der Waals surface area contributed by atoms with E-state index < -0.39 is 23.6 Å². The van der Waals surface area contributed by atoms with Crippen LogP contribution in [0.1, 0.15) is 36.0 Å². The molecular formula is C26H21F3O3. The number of aliphatic carboxylic acids is 1. The highest BCUT2D eigenvalue weighted by atomic mass is 19.4. The molecule has 164 valence electrons. The van der Waals surface area contributed by atoms with Gasteiger partial charge in [-0.2, -0.15) is 13.2 Å². The fourth-order valence-electron chi connectivity index (χ4n) is 3.47. The van der Waals surface area contributed by atoms with Gasteiger partial charge in [0.05, 0.1) is 17.9 Å². The predicted molar refractivity (Wildman–Crippen MR) is 116 cm³/mol. The number of halogens is 3. The van der Waals surface area contributed by atoms with Gasteiger partial charge in [0, 0.05) is 5.56 Å². The number of carboxylic acid groups (broad SMARTS) is 1. The summed E-state index contributed by atoms with van der Waals surface area (Å²) in [5.41, 5.74) is 0.596. The summed E-state index contributed by atoms with van der Waals surface area (Å²) < 4.78 is 47.4. The summed E-state index contributed by atoms with van der Waals surface area (Å²) in [6.07, 6.45) is -4.68. The van der Waals surface area contributed by atoms with E-state index in [2.05, 4.69) is 11.8 Å². The van der Waals surface area contributed by atoms with Gasteiger partial charge in [0.2, 0.25) is 0 Å². The maximum atomic E-state index is 13.9. The minimum atomic E-state index is -4.54. The molecule has 1 N–H and O–H groups in total. The topological polar surface area (TPSA) is 46.5 Å². The molecule has 32 heavy (non-hydrogen) atoms. The standard InChI is InChI=1S/C26H21F3O3/c1-2-7-20(16-24(30)31)18-12-14-22(15-13-18)32-17-21-10-6-11-23(25(21)26(27,28)29)19-8-4-3-5-9-19/h3-6,8-15,20H,16-17H2,1H3,(H,30,31)/t20-/m0/s1. The maximum absolute atomic E-state index is 13.9. The van der Waals surface area contributed by atoms with Crippen molar-refractivity contribution in [1.29, 1.82) is 0 Å².